The fourth-order valence-corrected chi connectivity index (χ4v) is 4.48. The highest BCUT2D eigenvalue weighted by Gasteiger charge is 2.39. The quantitative estimate of drug-likeness (QED) is 0.836. The number of carbonyl (C=O) groups is 1. The first-order chi connectivity index (χ1) is 11.3. The predicted octanol–water partition coefficient (Wildman–Crippen LogP) is 0.260. The topological polar surface area (TPSA) is 97.2 Å². The van der Waals surface area contributed by atoms with Crippen LogP contribution in [0.15, 0.2) is 0 Å². The zero-order valence-electron chi connectivity index (χ0n) is 14.4. The third-order valence-corrected chi connectivity index (χ3v) is 5.66. The third kappa shape index (κ3) is 3.46. The number of fused-ring (bicyclic) bond motifs is 1. The van der Waals surface area contributed by atoms with Crippen molar-refractivity contribution in [2.24, 2.45) is 11.8 Å². The van der Waals surface area contributed by atoms with Crippen molar-refractivity contribution >= 4 is 15.9 Å². The zero-order valence-corrected chi connectivity index (χ0v) is 15.2. The molecule has 0 saturated carbocycles. The van der Waals surface area contributed by atoms with Crippen molar-refractivity contribution in [2.45, 2.75) is 45.7 Å². The van der Waals surface area contributed by atoms with Crippen molar-refractivity contribution in [3.8, 4) is 0 Å². The van der Waals surface area contributed by atoms with Crippen molar-refractivity contribution in [3.05, 3.63) is 11.6 Å². The van der Waals surface area contributed by atoms with E-state index < -0.39 is 10.0 Å². The van der Waals surface area contributed by atoms with Crippen molar-refractivity contribution in [1.82, 2.24) is 24.4 Å². The summed E-state index contributed by atoms with van der Waals surface area (Å²) in [5.74, 6) is 1.46. The molecule has 9 heteroatoms. The highest BCUT2D eigenvalue weighted by molar-refractivity contribution is 7.88. The van der Waals surface area contributed by atoms with Crippen LogP contribution >= 0.6 is 0 Å². The summed E-state index contributed by atoms with van der Waals surface area (Å²) in [5.41, 5.74) is 0. The molecular weight excluding hydrogens is 330 g/mol. The van der Waals surface area contributed by atoms with Gasteiger partial charge in [-0.3, -0.25) is 4.79 Å². The van der Waals surface area contributed by atoms with Crippen LogP contribution in [-0.4, -0.2) is 59.4 Å². The van der Waals surface area contributed by atoms with E-state index in [0.717, 1.165) is 37.9 Å². The van der Waals surface area contributed by atoms with Gasteiger partial charge in [-0.25, -0.2) is 13.1 Å². The van der Waals surface area contributed by atoms with E-state index in [1.807, 2.05) is 4.57 Å². The second-order valence-corrected chi connectivity index (χ2v) is 8.94. The Morgan fingerprint density at radius 1 is 1.25 bits per heavy atom. The maximum atomic E-state index is 12.9. The number of aromatic nitrogens is 3. The Labute approximate surface area is 142 Å². The maximum absolute atomic E-state index is 12.9. The van der Waals surface area contributed by atoms with Crippen LogP contribution in [0.25, 0.3) is 0 Å². The van der Waals surface area contributed by atoms with E-state index in [4.69, 9.17) is 0 Å². The minimum absolute atomic E-state index is 0.0902. The molecule has 3 heterocycles. The van der Waals surface area contributed by atoms with Crippen LogP contribution in [0.1, 0.15) is 43.1 Å². The number of likely N-dealkylation sites (tertiary alicyclic amines) is 1. The molecule has 8 nitrogen and oxygen atoms in total. The molecule has 134 valence electrons. The molecule has 1 saturated heterocycles. The average molecular weight is 355 g/mol. The minimum Gasteiger partial charge on any atom is -0.334 e. The van der Waals surface area contributed by atoms with Crippen molar-refractivity contribution in [1.29, 1.82) is 0 Å². The molecular formula is C15H25N5O3S. The Hall–Kier alpha value is -1.48. The van der Waals surface area contributed by atoms with Gasteiger partial charge in [0.1, 0.15) is 5.82 Å². The summed E-state index contributed by atoms with van der Waals surface area (Å²) < 4.78 is 27.8. The lowest BCUT2D eigenvalue weighted by molar-refractivity contribution is 0.0764. The first-order valence-corrected chi connectivity index (χ1v) is 10.3. The molecule has 2 unspecified atom stereocenters. The number of rotatable bonds is 4. The summed E-state index contributed by atoms with van der Waals surface area (Å²) in [6.07, 6.45) is 4.11. The van der Waals surface area contributed by atoms with Crippen LogP contribution in [0.5, 0.6) is 0 Å². The monoisotopic (exact) mass is 355 g/mol. The van der Waals surface area contributed by atoms with Gasteiger partial charge in [-0.05, 0) is 24.7 Å². The van der Waals surface area contributed by atoms with Gasteiger partial charge in [0.2, 0.25) is 15.8 Å². The molecule has 1 fully saturated rings. The highest BCUT2D eigenvalue weighted by Crippen LogP contribution is 2.26. The molecule has 0 aromatic carbocycles. The van der Waals surface area contributed by atoms with E-state index >= 15 is 0 Å². The second kappa shape index (κ2) is 6.44. The van der Waals surface area contributed by atoms with Gasteiger partial charge in [0.15, 0.2) is 0 Å². The summed E-state index contributed by atoms with van der Waals surface area (Å²) >= 11 is 0. The normalized spacial score (nSPS) is 24.4. The molecule has 2 aliphatic rings. The molecule has 24 heavy (non-hydrogen) atoms. The van der Waals surface area contributed by atoms with E-state index in [-0.39, 0.29) is 23.8 Å². The van der Waals surface area contributed by atoms with E-state index in [1.54, 1.807) is 4.90 Å². The summed E-state index contributed by atoms with van der Waals surface area (Å²) in [7, 11) is -3.31. The Morgan fingerprint density at radius 3 is 2.67 bits per heavy atom. The number of nitrogens with zero attached hydrogens (tertiary/aromatic N) is 4. The minimum atomic E-state index is -3.31. The largest absolute Gasteiger partial charge is 0.334 e. The van der Waals surface area contributed by atoms with Gasteiger partial charge >= 0.3 is 0 Å². The fraction of sp³-hybridized carbons (Fsp3) is 0.800. The van der Waals surface area contributed by atoms with Gasteiger partial charge < -0.3 is 9.47 Å². The summed E-state index contributed by atoms with van der Waals surface area (Å²) in [5, 5.41) is 8.23. The molecule has 1 amide bonds. The summed E-state index contributed by atoms with van der Waals surface area (Å²) in [4.78, 5) is 14.6. The average Bonchev–Trinajstić information content (AvgIpc) is 3.09. The van der Waals surface area contributed by atoms with Crippen LogP contribution in [0.2, 0.25) is 0 Å². The first kappa shape index (κ1) is 17.3. The van der Waals surface area contributed by atoms with Crippen LogP contribution in [0.3, 0.4) is 0 Å². The number of carbonyl (C=O) groups excluding carboxylic acids is 1. The number of sulfonamides is 1. The number of nitrogens with one attached hydrogen (secondary N) is 1. The second-order valence-electron chi connectivity index (χ2n) is 7.16. The lowest BCUT2D eigenvalue weighted by atomic mass is 9.92. The standard InChI is InChI=1S/C15H25N5O3S/c1-10(2)11-8-19(9-12(11)18-24(3,22)23)15(21)14-17-16-13-6-4-5-7-20(13)14/h10-12,18H,4-9H2,1-3H3. The van der Waals surface area contributed by atoms with Gasteiger partial charge in [0.25, 0.3) is 5.91 Å². The molecule has 0 aliphatic carbocycles. The Bertz CT molecular complexity index is 727. The molecule has 2 aliphatic heterocycles. The first-order valence-electron chi connectivity index (χ1n) is 8.45. The van der Waals surface area contributed by atoms with Crippen LogP contribution in [0.4, 0.5) is 0 Å². The molecule has 1 N–H and O–H groups in total. The third-order valence-electron chi connectivity index (χ3n) is 4.92. The van der Waals surface area contributed by atoms with E-state index in [2.05, 4.69) is 28.8 Å². The molecule has 2 atom stereocenters. The smallest absolute Gasteiger partial charge is 0.291 e. The molecule has 3 rings (SSSR count). The molecule has 1 aromatic rings. The molecule has 0 spiro atoms. The van der Waals surface area contributed by atoms with Gasteiger partial charge in [-0.15, -0.1) is 10.2 Å². The lowest BCUT2D eigenvalue weighted by Crippen LogP contribution is -2.41. The fourth-order valence-electron chi connectivity index (χ4n) is 3.68. The molecule has 0 bridgehead atoms. The van der Waals surface area contributed by atoms with Crippen molar-refractivity contribution in [3.63, 3.8) is 0 Å². The van der Waals surface area contributed by atoms with Crippen LogP contribution in [0, 0.1) is 11.8 Å². The Kier molecular flexibility index (Phi) is 4.65. The predicted molar refractivity (Wildman–Crippen MR) is 89.0 cm³/mol. The Morgan fingerprint density at radius 2 is 2.00 bits per heavy atom. The van der Waals surface area contributed by atoms with E-state index in [9.17, 15) is 13.2 Å². The van der Waals surface area contributed by atoms with Crippen molar-refractivity contribution < 1.29 is 13.2 Å². The summed E-state index contributed by atoms with van der Waals surface area (Å²) in [6, 6.07) is -0.257. The van der Waals surface area contributed by atoms with Crippen LogP contribution in [-0.2, 0) is 23.0 Å². The molecule has 1 aromatic heterocycles. The van der Waals surface area contributed by atoms with Crippen LogP contribution < -0.4 is 4.72 Å². The highest BCUT2D eigenvalue weighted by atomic mass is 32.2. The maximum Gasteiger partial charge on any atom is 0.291 e. The van der Waals surface area contributed by atoms with Crippen molar-refractivity contribution in [2.75, 3.05) is 19.3 Å². The zero-order chi connectivity index (χ0) is 17.5. The van der Waals surface area contributed by atoms with Gasteiger partial charge in [-0.1, -0.05) is 13.8 Å². The molecule has 0 radical (unpaired) electrons. The number of amides is 1. The number of hydrogen-bond donors (Lipinski definition) is 1. The Balaban J connectivity index is 1.80. The lowest BCUT2D eigenvalue weighted by Gasteiger charge is -2.21. The SMILES string of the molecule is CC(C)C1CN(C(=O)c2nnc3n2CCCC3)CC1NS(C)(=O)=O. The summed E-state index contributed by atoms with van der Waals surface area (Å²) in [6.45, 7) is 5.78. The number of aryl methyl sites for hydroxylation is 1. The van der Waals surface area contributed by atoms with Gasteiger partial charge in [0.05, 0.1) is 6.26 Å². The van der Waals surface area contributed by atoms with E-state index in [0.29, 0.717) is 18.9 Å². The van der Waals surface area contributed by atoms with Gasteiger partial charge in [0, 0.05) is 32.1 Å². The van der Waals surface area contributed by atoms with Gasteiger partial charge in [-0.2, -0.15) is 0 Å². The van der Waals surface area contributed by atoms with E-state index in [1.165, 1.54) is 0 Å². The number of hydrogen-bond acceptors (Lipinski definition) is 5.